The molecule has 0 N–H and O–H groups in total. The number of hydrogen-bond acceptors (Lipinski definition) is 5. The Labute approximate surface area is 123 Å². The first-order chi connectivity index (χ1) is 9.83. The summed E-state index contributed by atoms with van der Waals surface area (Å²) >= 11 is 0. The molecular weight excluding hydrogens is 270 g/mol. The lowest BCUT2D eigenvalue weighted by Crippen LogP contribution is -2.43. The molecule has 21 heavy (non-hydrogen) atoms. The maximum atomic E-state index is 13.1. The van der Waals surface area contributed by atoms with E-state index in [1.165, 1.54) is 7.11 Å². The first-order valence-corrected chi connectivity index (χ1v) is 7.13. The second-order valence-electron chi connectivity index (χ2n) is 6.25. The van der Waals surface area contributed by atoms with Gasteiger partial charge in [-0.15, -0.1) is 0 Å². The molecule has 0 bridgehead atoms. The summed E-state index contributed by atoms with van der Waals surface area (Å²) in [7, 11) is 1.35. The standard InChI is InChI=1S/C16H19NO4/c1-7-8(2)13(15(19)20-5)16(4)10(7)6-11-12(14(16)18)9(3)17-21-11/h7,10H,6H2,1-5H3/t7-,10+,16+/m1/s1. The average Bonchev–Trinajstić information content (AvgIpc) is 2.91. The molecule has 0 unspecified atom stereocenters. The topological polar surface area (TPSA) is 69.4 Å². The Balaban J connectivity index is 2.22. The molecule has 5 nitrogen and oxygen atoms in total. The van der Waals surface area contributed by atoms with E-state index in [4.69, 9.17) is 9.26 Å². The van der Waals surface area contributed by atoms with Crippen LogP contribution in [0.15, 0.2) is 15.7 Å². The molecule has 0 amide bonds. The maximum Gasteiger partial charge on any atom is 0.334 e. The molecule has 2 aliphatic carbocycles. The van der Waals surface area contributed by atoms with Crippen LogP contribution in [0.5, 0.6) is 0 Å². The highest BCUT2D eigenvalue weighted by atomic mass is 16.5. The third-order valence-corrected chi connectivity index (χ3v) is 5.37. The summed E-state index contributed by atoms with van der Waals surface area (Å²) in [4.78, 5) is 25.3. The van der Waals surface area contributed by atoms with Crippen molar-refractivity contribution in [2.45, 2.75) is 34.1 Å². The van der Waals surface area contributed by atoms with Crippen LogP contribution < -0.4 is 0 Å². The second-order valence-corrected chi connectivity index (χ2v) is 6.25. The second kappa shape index (κ2) is 4.29. The molecule has 0 saturated carbocycles. The Morgan fingerprint density at radius 3 is 2.71 bits per heavy atom. The molecule has 1 heterocycles. The van der Waals surface area contributed by atoms with Crippen molar-refractivity contribution >= 4 is 11.8 Å². The van der Waals surface area contributed by atoms with Crippen molar-refractivity contribution in [3.63, 3.8) is 0 Å². The Hall–Kier alpha value is -1.91. The Bertz CT molecular complexity index is 684. The first-order valence-electron chi connectivity index (χ1n) is 7.13. The highest BCUT2D eigenvalue weighted by Gasteiger charge is 2.59. The van der Waals surface area contributed by atoms with Gasteiger partial charge in [0.15, 0.2) is 5.78 Å². The minimum Gasteiger partial charge on any atom is -0.466 e. The van der Waals surface area contributed by atoms with Crippen molar-refractivity contribution in [2.24, 2.45) is 17.3 Å². The molecule has 0 saturated heterocycles. The molecular formula is C16H19NO4. The number of nitrogens with zero attached hydrogens (tertiary/aromatic N) is 1. The van der Waals surface area contributed by atoms with Gasteiger partial charge in [-0.3, -0.25) is 4.79 Å². The number of allylic oxidation sites excluding steroid dienone is 1. The largest absolute Gasteiger partial charge is 0.466 e. The van der Waals surface area contributed by atoms with E-state index >= 15 is 0 Å². The smallest absolute Gasteiger partial charge is 0.334 e. The zero-order valence-electron chi connectivity index (χ0n) is 12.9. The van der Waals surface area contributed by atoms with E-state index in [-0.39, 0.29) is 17.6 Å². The molecule has 5 heteroatoms. The zero-order chi connectivity index (χ0) is 15.5. The van der Waals surface area contributed by atoms with Crippen LogP contribution in [0, 0.1) is 24.2 Å². The molecule has 1 aromatic rings. The summed E-state index contributed by atoms with van der Waals surface area (Å²) in [6, 6.07) is 0. The van der Waals surface area contributed by atoms with E-state index in [1.807, 2.05) is 13.8 Å². The normalized spacial score (nSPS) is 31.2. The number of carbonyl (C=O) groups excluding carboxylic acids is 2. The van der Waals surface area contributed by atoms with Crippen molar-refractivity contribution in [1.29, 1.82) is 0 Å². The average molecular weight is 289 g/mol. The van der Waals surface area contributed by atoms with Crippen LogP contribution in [0.25, 0.3) is 0 Å². The summed E-state index contributed by atoms with van der Waals surface area (Å²) in [5.41, 5.74) is 1.74. The van der Waals surface area contributed by atoms with Gasteiger partial charge in [0.25, 0.3) is 0 Å². The fourth-order valence-electron chi connectivity index (χ4n) is 4.07. The maximum absolute atomic E-state index is 13.1. The fraction of sp³-hybridized carbons (Fsp3) is 0.562. The molecule has 0 fully saturated rings. The van der Waals surface area contributed by atoms with E-state index in [2.05, 4.69) is 12.1 Å². The summed E-state index contributed by atoms with van der Waals surface area (Å²) in [5.74, 6) is 0.308. The van der Waals surface area contributed by atoms with Gasteiger partial charge >= 0.3 is 5.97 Å². The van der Waals surface area contributed by atoms with Crippen molar-refractivity contribution in [2.75, 3.05) is 7.11 Å². The minimum atomic E-state index is -0.847. The number of rotatable bonds is 1. The summed E-state index contributed by atoms with van der Waals surface area (Å²) in [5, 5.41) is 3.91. The number of aryl methyl sites for hydroxylation is 1. The van der Waals surface area contributed by atoms with Crippen molar-refractivity contribution in [3.05, 3.63) is 28.2 Å². The van der Waals surface area contributed by atoms with E-state index in [0.29, 0.717) is 29.0 Å². The van der Waals surface area contributed by atoms with E-state index < -0.39 is 11.4 Å². The minimum absolute atomic E-state index is 0.0129. The lowest BCUT2D eigenvalue weighted by Gasteiger charge is -2.36. The molecule has 3 rings (SSSR count). The van der Waals surface area contributed by atoms with Crippen LogP contribution in [0.4, 0.5) is 0 Å². The Morgan fingerprint density at radius 1 is 1.43 bits per heavy atom. The van der Waals surface area contributed by atoms with Gasteiger partial charge in [-0.25, -0.2) is 4.79 Å². The molecule has 0 spiro atoms. The number of ether oxygens (including phenoxy) is 1. The number of esters is 1. The van der Waals surface area contributed by atoms with Crippen LogP contribution in [-0.2, 0) is 16.0 Å². The van der Waals surface area contributed by atoms with Gasteiger partial charge < -0.3 is 9.26 Å². The Morgan fingerprint density at radius 2 is 2.10 bits per heavy atom. The van der Waals surface area contributed by atoms with Crippen molar-refractivity contribution < 1.29 is 18.8 Å². The van der Waals surface area contributed by atoms with Gasteiger partial charge in [0.2, 0.25) is 0 Å². The van der Waals surface area contributed by atoms with Crippen LogP contribution in [0.3, 0.4) is 0 Å². The predicted molar refractivity (Wildman–Crippen MR) is 74.8 cm³/mol. The van der Waals surface area contributed by atoms with E-state index in [1.54, 1.807) is 6.92 Å². The highest BCUT2D eigenvalue weighted by Crippen LogP contribution is 2.56. The van der Waals surface area contributed by atoms with Gasteiger partial charge in [0, 0.05) is 6.42 Å². The number of hydrogen-bond donors (Lipinski definition) is 0. The lowest BCUT2D eigenvalue weighted by atomic mass is 9.63. The van der Waals surface area contributed by atoms with Crippen LogP contribution in [0.1, 0.15) is 42.6 Å². The fourth-order valence-corrected chi connectivity index (χ4v) is 4.07. The first kappa shape index (κ1) is 14.0. The number of fused-ring (bicyclic) bond motifs is 2. The van der Waals surface area contributed by atoms with Crippen LogP contribution in [-0.4, -0.2) is 24.0 Å². The molecule has 0 aliphatic heterocycles. The number of methoxy groups -OCH3 is 1. The SMILES string of the molecule is COC(=O)C1=C(C)[C@@H](C)[C@@H]2Cc3onc(C)c3C(=O)[C@]12C. The molecule has 2 aliphatic rings. The zero-order valence-corrected chi connectivity index (χ0v) is 12.9. The quantitative estimate of drug-likeness (QED) is 0.743. The number of ketones is 1. The third-order valence-electron chi connectivity index (χ3n) is 5.37. The van der Waals surface area contributed by atoms with Gasteiger partial charge in [-0.05, 0) is 32.6 Å². The number of Topliss-reactive ketones (excluding diaryl/α,β-unsaturated/α-hetero) is 1. The highest BCUT2D eigenvalue weighted by molar-refractivity contribution is 6.11. The molecule has 112 valence electrons. The molecule has 0 radical (unpaired) electrons. The van der Waals surface area contributed by atoms with Crippen molar-refractivity contribution in [3.8, 4) is 0 Å². The predicted octanol–water partition coefficient (Wildman–Crippen LogP) is 2.48. The monoisotopic (exact) mass is 289 g/mol. The number of aromatic nitrogens is 1. The van der Waals surface area contributed by atoms with Crippen LogP contribution in [0.2, 0.25) is 0 Å². The van der Waals surface area contributed by atoms with Gasteiger partial charge in [0.1, 0.15) is 5.76 Å². The lowest BCUT2D eigenvalue weighted by molar-refractivity contribution is -0.137. The molecule has 3 atom stereocenters. The third kappa shape index (κ3) is 1.54. The molecule has 0 aromatic carbocycles. The van der Waals surface area contributed by atoms with Crippen LogP contribution >= 0.6 is 0 Å². The summed E-state index contributed by atoms with van der Waals surface area (Å²) in [6.07, 6.45) is 0.622. The van der Waals surface area contributed by atoms with Gasteiger partial charge in [-0.1, -0.05) is 17.7 Å². The Kier molecular flexibility index (Phi) is 2.87. The van der Waals surface area contributed by atoms with Gasteiger partial charge in [0.05, 0.1) is 29.4 Å². The van der Waals surface area contributed by atoms with E-state index in [0.717, 1.165) is 5.57 Å². The summed E-state index contributed by atoms with van der Waals surface area (Å²) < 4.78 is 10.2. The van der Waals surface area contributed by atoms with Crippen molar-refractivity contribution in [1.82, 2.24) is 5.16 Å². The van der Waals surface area contributed by atoms with Gasteiger partial charge in [-0.2, -0.15) is 0 Å². The number of carbonyl (C=O) groups is 2. The summed E-state index contributed by atoms with van der Waals surface area (Å²) in [6.45, 7) is 7.59. The molecule has 1 aromatic heterocycles. The van der Waals surface area contributed by atoms with E-state index in [9.17, 15) is 9.59 Å².